The Hall–Kier alpha value is 0.130. The lowest BCUT2D eigenvalue weighted by molar-refractivity contribution is -0.00000436. The highest BCUT2D eigenvalue weighted by molar-refractivity contribution is 7.73. The van der Waals surface area contributed by atoms with Gasteiger partial charge in [0.2, 0.25) is 0 Å². The highest BCUT2D eigenvalue weighted by Crippen LogP contribution is 2.54. The zero-order valence-electron chi connectivity index (χ0n) is 13.6. The van der Waals surface area contributed by atoms with E-state index in [9.17, 15) is 0 Å². The van der Waals surface area contributed by atoms with Gasteiger partial charge in [0.1, 0.15) is 0 Å². The van der Waals surface area contributed by atoms with Gasteiger partial charge in [-0.2, -0.15) is 0 Å². The standard InChI is InChI=1S/C18H32P.BrH/c1-4-5-6-7-8-9-13-16-19(2,3)17-18-14-11-10-12-15-18;/h10-12,14-15H,4-9,13,16-17H2,1-3H3;1H/q+1;/p-1. The van der Waals surface area contributed by atoms with Crippen molar-refractivity contribution in [2.75, 3.05) is 19.5 Å². The van der Waals surface area contributed by atoms with Crippen molar-refractivity contribution in [2.45, 2.75) is 58.0 Å². The van der Waals surface area contributed by atoms with Crippen molar-refractivity contribution in [3.63, 3.8) is 0 Å². The molecule has 1 aromatic carbocycles. The molecule has 0 aliphatic rings. The van der Waals surface area contributed by atoms with Crippen molar-refractivity contribution in [1.82, 2.24) is 0 Å². The maximum absolute atomic E-state index is 2.52. The van der Waals surface area contributed by atoms with Gasteiger partial charge in [0.05, 0.1) is 12.3 Å². The van der Waals surface area contributed by atoms with Gasteiger partial charge in [-0.25, -0.2) is 0 Å². The van der Waals surface area contributed by atoms with E-state index in [0.717, 1.165) is 0 Å². The highest BCUT2D eigenvalue weighted by Gasteiger charge is 2.24. The van der Waals surface area contributed by atoms with Crippen LogP contribution in [0.5, 0.6) is 0 Å². The van der Waals surface area contributed by atoms with Gasteiger partial charge in [0.25, 0.3) is 0 Å². The SMILES string of the molecule is CCCCCCCCC[P+](C)(C)Cc1ccccc1.[Br-]. The van der Waals surface area contributed by atoms with E-state index in [1.807, 2.05) is 0 Å². The molecule has 0 atom stereocenters. The maximum Gasteiger partial charge on any atom is 0.0837 e. The second-order valence-corrected chi connectivity index (χ2v) is 11.1. The Bertz CT molecular complexity index is 321. The van der Waals surface area contributed by atoms with E-state index in [1.165, 1.54) is 62.8 Å². The minimum Gasteiger partial charge on any atom is -1.00 e. The molecular formula is C18H32BrP. The van der Waals surface area contributed by atoms with E-state index in [0.29, 0.717) is 0 Å². The highest BCUT2D eigenvalue weighted by atomic mass is 79.9. The molecule has 0 unspecified atom stereocenters. The lowest BCUT2D eigenvalue weighted by Crippen LogP contribution is -3.00. The Morgan fingerprint density at radius 2 is 1.35 bits per heavy atom. The molecule has 2 heteroatoms. The smallest absolute Gasteiger partial charge is 0.0837 e. The molecule has 0 amide bonds. The van der Waals surface area contributed by atoms with E-state index >= 15 is 0 Å². The van der Waals surface area contributed by atoms with Gasteiger partial charge in [-0.3, -0.25) is 0 Å². The number of hydrogen-bond donors (Lipinski definition) is 0. The fourth-order valence-corrected chi connectivity index (χ4v) is 5.09. The fourth-order valence-electron chi connectivity index (χ4n) is 2.65. The summed E-state index contributed by atoms with van der Waals surface area (Å²) in [5, 5.41) is 0. The lowest BCUT2D eigenvalue weighted by atomic mass is 10.1. The third-order valence-corrected chi connectivity index (χ3v) is 6.57. The molecule has 1 rings (SSSR count). The summed E-state index contributed by atoms with van der Waals surface area (Å²) in [6, 6.07) is 11.0. The van der Waals surface area contributed by atoms with Gasteiger partial charge in [-0.15, -0.1) is 0 Å². The van der Waals surface area contributed by atoms with Crippen LogP contribution in [0.25, 0.3) is 0 Å². The van der Waals surface area contributed by atoms with Gasteiger partial charge in [-0.05, 0) is 18.4 Å². The van der Waals surface area contributed by atoms with Gasteiger partial charge >= 0.3 is 0 Å². The zero-order valence-corrected chi connectivity index (χ0v) is 16.1. The Balaban J connectivity index is 0.00000361. The molecular weight excluding hydrogens is 327 g/mol. The molecule has 0 saturated heterocycles. The van der Waals surface area contributed by atoms with Crippen LogP contribution in [0.2, 0.25) is 0 Å². The van der Waals surface area contributed by atoms with E-state index < -0.39 is 7.26 Å². The minimum absolute atomic E-state index is 0. The van der Waals surface area contributed by atoms with Crippen LogP contribution >= 0.6 is 7.26 Å². The average Bonchev–Trinajstić information content (AvgIpc) is 2.38. The summed E-state index contributed by atoms with van der Waals surface area (Å²) in [6.07, 6.45) is 12.8. The van der Waals surface area contributed by atoms with Gasteiger partial charge in [0, 0.05) is 20.6 Å². The van der Waals surface area contributed by atoms with Crippen molar-refractivity contribution in [3.05, 3.63) is 35.9 Å². The summed E-state index contributed by atoms with van der Waals surface area (Å²) >= 11 is 0. The first kappa shape index (κ1) is 20.1. The van der Waals surface area contributed by atoms with E-state index in [-0.39, 0.29) is 17.0 Å². The molecule has 0 N–H and O–H groups in total. The normalized spacial score (nSPS) is 11.2. The van der Waals surface area contributed by atoms with Gasteiger partial charge in [-0.1, -0.05) is 69.4 Å². The number of halogens is 1. The van der Waals surface area contributed by atoms with Crippen molar-refractivity contribution >= 4 is 7.26 Å². The van der Waals surface area contributed by atoms with Crippen LogP contribution in [-0.2, 0) is 6.16 Å². The van der Waals surface area contributed by atoms with Crippen LogP contribution in [0.1, 0.15) is 57.4 Å². The monoisotopic (exact) mass is 358 g/mol. The topological polar surface area (TPSA) is 0 Å². The fraction of sp³-hybridized carbons (Fsp3) is 0.667. The first-order chi connectivity index (χ1) is 9.14. The molecule has 0 spiro atoms. The van der Waals surface area contributed by atoms with Gasteiger partial charge in [0.15, 0.2) is 0 Å². The molecule has 0 saturated carbocycles. The van der Waals surface area contributed by atoms with E-state index in [1.54, 1.807) is 0 Å². The predicted molar refractivity (Wildman–Crippen MR) is 91.8 cm³/mol. The van der Waals surface area contributed by atoms with Crippen LogP contribution in [0, 0.1) is 0 Å². The van der Waals surface area contributed by atoms with Crippen LogP contribution in [0.4, 0.5) is 0 Å². The first-order valence-electron chi connectivity index (χ1n) is 8.00. The summed E-state index contributed by atoms with van der Waals surface area (Å²) < 4.78 is 0. The molecule has 0 heterocycles. The first-order valence-corrected chi connectivity index (χ1v) is 11.1. The third kappa shape index (κ3) is 9.94. The molecule has 116 valence electrons. The molecule has 0 radical (unpaired) electrons. The summed E-state index contributed by atoms with van der Waals surface area (Å²) in [7, 11) is -0.726. The average molecular weight is 359 g/mol. The number of hydrogen-bond acceptors (Lipinski definition) is 0. The summed E-state index contributed by atoms with van der Waals surface area (Å²) in [6.45, 7) is 7.34. The lowest BCUT2D eigenvalue weighted by Gasteiger charge is -2.18. The zero-order chi connectivity index (χ0) is 14.0. The summed E-state index contributed by atoms with van der Waals surface area (Å²) in [5.41, 5.74) is 1.53. The van der Waals surface area contributed by atoms with E-state index in [2.05, 4.69) is 50.6 Å². The Kier molecular flexibility index (Phi) is 11.8. The van der Waals surface area contributed by atoms with Crippen LogP contribution in [0.15, 0.2) is 30.3 Å². The van der Waals surface area contributed by atoms with Crippen LogP contribution in [-0.4, -0.2) is 19.5 Å². The molecule has 0 aliphatic carbocycles. The summed E-state index contributed by atoms with van der Waals surface area (Å²) in [5.74, 6) is 0. The Morgan fingerprint density at radius 3 is 1.95 bits per heavy atom. The van der Waals surface area contributed by atoms with Crippen LogP contribution < -0.4 is 17.0 Å². The molecule has 0 aliphatic heterocycles. The molecule has 0 bridgehead atoms. The maximum atomic E-state index is 2.52. The van der Waals surface area contributed by atoms with Crippen molar-refractivity contribution in [3.8, 4) is 0 Å². The largest absolute Gasteiger partial charge is 1.00 e. The third-order valence-electron chi connectivity index (χ3n) is 3.82. The van der Waals surface area contributed by atoms with Gasteiger partial charge < -0.3 is 17.0 Å². The number of rotatable bonds is 10. The van der Waals surface area contributed by atoms with Crippen molar-refractivity contribution in [2.24, 2.45) is 0 Å². The second-order valence-electron chi connectivity index (χ2n) is 6.42. The molecule has 20 heavy (non-hydrogen) atoms. The Morgan fingerprint density at radius 1 is 0.800 bits per heavy atom. The van der Waals surface area contributed by atoms with Crippen LogP contribution in [0.3, 0.4) is 0 Å². The van der Waals surface area contributed by atoms with Crippen molar-refractivity contribution in [1.29, 1.82) is 0 Å². The molecule has 0 nitrogen and oxygen atoms in total. The quantitative estimate of drug-likeness (QED) is 0.445. The second kappa shape index (κ2) is 11.8. The van der Waals surface area contributed by atoms with Crippen molar-refractivity contribution < 1.29 is 17.0 Å². The predicted octanol–water partition coefficient (Wildman–Crippen LogP) is 3.22. The Labute approximate surface area is 137 Å². The molecule has 1 aromatic rings. The number of benzene rings is 1. The summed E-state index contributed by atoms with van der Waals surface area (Å²) in [4.78, 5) is 0. The molecule has 0 fully saturated rings. The van der Waals surface area contributed by atoms with E-state index in [4.69, 9.17) is 0 Å². The number of unbranched alkanes of at least 4 members (excludes halogenated alkanes) is 6. The molecule has 0 aromatic heterocycles. The minimum atomic E-state index is -0.726.